The average Bonchev–Trinajstić information content (AvgIpc) is 2.60. The zero-order chi connectivity index (χ0) is 19.2. The molecule has 5 N–H and O–H groups in total. The van der Waals surface area contributed by atoms with E-state index in [1.807, 2.05) is 0 Å². The summed E-state index contributed by atoms with van der Waals surface area (Å²) in [6.45, 7) is 0. The Morgan fingerprint density at radius 3 is 2.35 bits per heavy atom. The molecule has 0 unspecified atom stereocenters. The van der Waals surface area contributed by atoms with Crippen molar-refractivity contribution in [1.82, 2.24) is 10.9 Å². The number of nitrogens with two attached hydrogens (primary N) is 1. The van der Waals surface area contributed by atoms with E-state index in [1.165, 1.54) is 24.3 Å². The molecule has 0 fully saturated rings. The predicted molar refractivity (Wildman–Crippen MR) is 100 cm³/mol. The van der Waals surface area contributed by atoms with E-state index >= 15 is 0 Å². The first-order chi connectivity index (χ1) is 12.3. The molecular formula is C16H17FN4O3S2. The summed E-state index contributed by atoms with van der Waals surface area (Å²) in [5, 5.41) is 7.68. The summed E-state index contributed by atoms with van der Waals surface area (Å²) in [7, 11) is -3.74. The first-order valence-corrected chi connectivity index (χ1v) is 9.43. The molecule has 0 aliphatic carbocycles. The maximum Gasteiger partial charge on any atom is 0.238 e. The number of aryl methyl sites for hydroxylation is 1. The molecule has 0 bridgehead atoms. The Labute approximate surface area is 155 Å². The Balaban J connectivity index is 1.77. The minimum atomic E-state index is -3.74. The topological polar surface area (TPSA) is 113 Å². The second-order valence-corrected chi connectivity index (χ2v) is 7.27. The molecule has 0 saturated heterocycles. The molecule has 0 saturated carbocycles. The highest BCUT2D eigenvalue weighted by Crippen LogP contribution is 2.12. The van der Waals surface area contributed by atoms with Crippen LogP contribution in [0.1, 0.15) is 12.0 Å². The molecule has 0 heterocycles. The van der Waals surface area contributed by atoms with Gasteiger partial charge in [-0.05, 0) is 48.5 Å². The lowest BCUT2D eigenvalue weighted by Gasteiger charge is -2.12. The fourth-order valence-corrected chi connectivity index (χ4v) is 2.69. The zero-order valence-electron chi connectivity index (χ0n) is 13.5. The molecule has 0 radical (unpaired) electrons. The monoisotopic (exact) mass is 396 g/mol. The fraction of sp³-hybridized carbons (Fsp3) is 0.125. The van der Waals surface area contributed by atoms with Gasteiger partial charge in [0.05, 0.1) is 10.6 Å². The summed E-state index contributed by atoms with van der Waals surface area (Å²) in [6, 6.07) is 11.9. The number of rotatable bonds is 5. The van der Waals surface area contributed by atoms with E-state index in [0.29, 0.717) is 6.42 Å². The van der Waals surface area contributed by atoms with Gasteiger partial charge in [0.1, 0.15) is 5.82 Å². The van der Waals surface area contributed by atoms with Gasteiger partial charge in [0.2, 0.25) is 15.9 Å². The SMILES string of the molecule is NS(=O)(=O)c1ccc(CCC(=O)NNC(=S)Nc2ccccc2F)cc1. The first kappa shape index (κ1) is 19.8. The smallest absolute Gasteiger partial charge is 0.238 e. The largest absolute Gasteiger partial charge is 0.329 e. The molecule has 0 aliphatic heterocycles. The quantitative estimate of drug-likeness (QED) is 0.449. The van der Waals surface area contributed by atoms with E-state index in [-0.39, 0.29) is 28.0 Å². The van der Waals surface area contributed by atoms with Gasteiger partial charge in [-0.2, -0.15) is 0 Å². The molecule has 10 heteroatoms. The van der Waals surface area contributed by atoms with Crippen molar-refractivity contribution >= 4 is 38.9 Å². The molecule has 26 heavy (non-hydrogen) atoms. The standard InChI is InChI=1S/C16H17FN4O3S2/c17-13-3-1-2-4-14(13)19-16(25)21-20-15(22)10-7-11-5-8-12(9-6-11)26(18,23)24/h1-6,8-9H,7,10H2,(H,20,22)(H2,18,23,24)(H2,19,21,25). The molecule has 0 aliphatic rings. The number of primary sulfonamides is 1. The van der Waals surface area contributed by atoms with Crippen molar-refractivity contribution in [3.05, 3.63) is 59.9 Å². The normalized spacial score (nSPS) is 10.8. The third-order valence-corrected chi connectivity index (χ3v) is 4.46. The van der Waals surface area contributed by atoms with Crippen molar-refractivity contribution in [2.75, 3.05) is 5.32 Å². The van der Waals surface area contributed by atoms with E-state index in [1.54, 1.807) is 24.3 Å². The summed E-state index contributed by atoms with van der Waals surface area (Å²) in [5.74, 6) is -0.802. The maximum absolute atomic E-state index is 13.5. The Morgan fingerprint density at radius 2 is 1.73 bits per heavy atom. The van der Waals surface area contributed by atoms with E-state index in [2.05, 4.69) is 16.2 Å². The van der Waals surface area contributed by atoms with Crippen molar-refractivity contribution in [3.63, 3.8) is 0 Å². The molecule has 7 nitrogen and oxygen atoms in total. The van der Waals surface area contributed by atoms with E-state index in [9.17, 15) is 17.6 Å². The number of halogens is 1. The first-order valence-electron chi connectivity index (χ1n) is 7.48. The number of carbonyl (C=O) groups is 1. The number of anilines is 1. The van der Waals surface area contributed by atoms with Crippen molar-refractivity contribution in [3.8, 4) is 0 Å². The number of carbonyl (C=O) groups excluding carboxylic acids is 1. The van der Waals surface area contributed by atoms with Crippen LogP contribution in [-0.2, 0) is 21.2 Å². The highest BCUT2D eigenvalue weighted by molar-refractivity contribution is 7.89. The number of nitrogens with one attached hydrogen (secondary N) is 3. The van der Waals surface area contributed by atoms with Crippen molar-refractivity contribution in [1.29, 1.82) is 0 Å². The van der Waals surface area contributed by atoms with Crippen molar-refractivity contribution < 1.29 is 17.6 Å². The zero-order valence-corrected chi connectivity index (χ0v) is 15.2. The molecular weight excluding hydrogens is 379 g/mol. The van der Waals surface area contributed by atoms with Gasteiger partial charge >= 0.3 is 0 Å². The highest BCUT2D eigenvalue weighted by atomic mass is 32.2. The van der Waals surface area contributed by atoms with Gasteiger partial charge in [-0.1, -0.05) is 24.3 Å². The summed E-state index contributed by atoms with van der Waals surface area (Å²) >= 11 is 4.97. The molecule has 138 valence electrons. The van der Waals surface area contributed by atoms with Crippen molar-refractivity contribution in [2.24, 2.45) is 5.14 Å². The van der Waals surface area contributed by atoms with Gasteiger partial charge < -0.3 is 5.32 Å². The van der Waals surface area contributed by atoms with Gasteiger partial charge in [-0.25, -0.2) is 17.9 Å². The van der Waals surface area contributed by atoms with Crippen molar-refractivity contribution in [2.45, 2.75) is 17.7 Å². The summed E-state index contributed by atoms with van der Waals surface area (Å²) in [5.41, 5.74) is 5.85. The van der Waals surface area contributed by atoms with E-state index in [4.69, 9.17) is 17.4 Å². The lowest BCUT2D eigenvalue weighted by molar-refractivity contribution is -0.121. The van der Waals surface area contributed by atoms with Crippen LogP contribution in [-0.4, -0.2) is 19.4 Å². The minimum absolute atomic E-state index is 0.0111. The average molecular weight is 396 g/mol. The van der Waals surface area contributed by atoms with Crippen LogP contribution < -0.4 is 21.3 Å². The van der Waals surface area contributed by atoms with Gasteiger partial charge in [0.25, 0.3) is 0 Å². The Morgan fingerprint density at radius 1 is 1.08 bits per heavy atom. The molecule has 0 spiro atoms. The number of benzene rings is 2. The van der Waals surface area contributed by atoms with Crippen LogP contribution in [0, 0.1) is 5.82 Å². The molecule has 2 rings (SSSR count). The van der Waals surface area contributed by atoms with Crippen LogP contribution in [0.5, 0.6) is 0 Å². The summed E-state index contributed by atoms with van der Waals surface area (Å²) in [4.78, 5) is 11.8. The van der Waals surface area contributed by atoms with E-state index in [0.717, 1.165) is 5.56 Å². The number of amides is 1. The molecule has 0 atom stereocenters. The number of hydrazine groups is 1. The van der Waals surface area contributed by atoms with Gasteiger partial charge in [-0.15, -0.1) is 0 Å². The number of para-hydroxylation sites is 1. The van der Waals surface area contributed by atoms with Crippen LogP contribution in [0.25, 0.3) is 0 Å². The van der Waals surface area contributed by atoms with Gasteiger partial charge in [0.15, 0.2) is 5.11 Å². The number of thiocarbonyl (C=S) groups is 1. The highest BCUT2D eigenvalue weighted by Gasteiger charge is 2.08. The second-order valence-electron chi connectivity index (χ2n) is 5.30. The van der Waals surface area contributed by atoms with Crippen LogP contribution in [0.15, 0.2) is 53.4 Å². The Bertz CT molecular complexity index is 902. The Kier molecular flexibility index (Phi) is 6.61. The molecule has 1 amide bonds. The minimum Gasteiger partial charge on any atom is -0.329 e. The third-order valence-electron chi connectivity index (χ3n) is 3.33. The summed E-state index contributed by atoms with van der Waals surface area (Å²) < 4.78 is 35.8. The lowest BCUT2D eigenvalue weighted by Crippen LogP contribution is -2.43. The van der Waals surface area contributed by atoms with Crippen LogP contribution in [0.4, 0.5) is 10.1 Å². The van der Waals surface area contributed by atoms with Crippen LogP contribution in [0.2, 0.25) is 0 Å². The number of hydrogen-bond acceptors (Lipinski definition) is 4. The number of sulfonamides is 1. The fourth-order valence-electron chi connectivity index (χ4n) is 2.01. The van der Waals surface area contributed by atoms with Crippen LogP contribution in [0.3, 0.4) is 0 Å². The third kappa shape index (κ3) is 6.06. The Hall–Kier alpha value is -2.56. The van der Waals surface area contributed by atoms with Gasteiger partial charge in [0, 0.05) is 6.42 Å². The van der Waals surface area contributed by atoms with Crippen LogP contribution >= 0.6 is 12.2 Å². The maximum atomic E-state index is 13.5. The van der Waals surface area contributed by atoms with Gasteiger partial charge in [-0.3, -0.25) is 15.6 Å². The molecule has 2 aromatic carbocycles. The van der Waals surface area contributed by atoms with E-state index < -0.39 is 15.8 Å². The molecule has 2 aromatic rings. The predicted octanol–water partition coefficient (Wildman–Crippen LogP) is 1.42. The lowest BCUT2D eigenvalue weighted by atomic mass is 10.1. The second kappa shape index (κ2) is 8.70. The number of hydrogen-bond donors (Lipinski definition) is 4. The molecule has 0 aromatic heterocycles. The summed E-state index contributed by atoms with van der Waals surface area (Å²) in [6.07, 6.45) is 0.538.